The molecule has 1 atom stereocenters. The van der Waals surface area contributed by atoms with E-state index in [0.29, 0.717) is 5.02 Å². The van der Waals surface area contributed by atoms with Crippen molar-refractivity contribution in [1.82, 2.24) is 10.3 Å². The number of hydrogen-bond donors (Lipinski definition) is 2. The second-order valence-electron chi connectivity index (χ2n) is 7.82. The molecule has 0 saturated carbocycles. The van der Waals surface area contributed by atoms with E-state index >= 15 is 0 Å². The van der Waals surface area contributed by atoms with Crippen molar-refractivity contribution in [3.05, 3.63) is 64.6 Å². The minimum atomic E-state index is -3.81. The smallest absolute Gasteiger partial charge is 0.273 e. The number of carbonyl (C=O) groups is 1. The summed E-state index contributed by atoms with van der Waals surface area (Å²) in [4.78, 5) is 20.0. The van der Waals surface area contributed by atoms with Crippen LogP contribution in [0.15, 0.2) is 58.9 Å². The van der Waals surface area contributed by atoms with Crippen LogP contribution in [0.2, 0.25) is 5.02 Å². The highest BCUT2D eigenvalue weighted by Crippen LogP contribution is 2.37. The van der Waals surface area contributed by atoms with E-state index in [0.717, 1.165) is 6.08 Å². The summed E-state index contributed by atoms with van der Waals surface area (Å²) in [6.45, 7) is 8.94. The number of allylic oxidation sites excluding steroid dienone is 3. The first-order chi connectivity index (χ1) is 14.1. The first kappa shape index (κ1) is 24.7. The molecule has 1 aromatic heterocycles. The Morgan fingerprint density at radius 3 is 2.45 bits per heavy atom. The largest absolute Gasteiger partial charge is 0.386 e. The van der Waals surface area contributed by atoms with Crippen molar-refractivity contribution in [2.45, 2.75) is 38.0 Å². The number of nitrogens with zero attached hydrogens (tertiary/aromatic N) is 2. The number of nitrogens with two attached hydrogens (primary N) is 1. The Morgan fingerprint density at radius 2 is 1.94 bits per heavy atom. The number of amides is 1. The molecule has 3 N–H and O–H groups in total. The molecule has 0 spiro atoms. The lowest BCUT2D eigenvalue weighted by Crippen LogP contribution is -2.56. The van der Waals surface area contributed by atoms with Gasteiger partial charge in [-0.15, -0.1) is 0 Å². The molecule has 11 heteroatoms. The summed E-state index contributed by atoms with van der Waals surface area (Å²) in [6, 6.07) is 2.83. The van der Waals surface area contributed by atoms with E-state index in [4.69, 9.17) is 17.3 Å². The molecule has 1 aliphatic rings. The Bertz CT molecular complexity index is 1130. The van der Waals surface area contributed by atoms with Crippen molar-refractivity contribution >= 4 is 33.2 Å². The molecule has 1 aromatic rings. The van der Waals surface area contributed by atoms with Crippen LogP contribution in [0.1, 0.15) is 38.2 Å². The maximum Gasteiger partial charge on any atom is 0.273 e. The lowest BCUT2D eigenvalue weighted by atomic mass is 9.93. The van der Waals surface area contributed by atoms with Crippen molar-refractivity contribution in [2.24, 2.45) is 10.7 Å². The van der Waals surface area contributed by atoms with Gasteiger partial charge in [0, 0.05) is 17.5 Å². The first-order valence-electron chi connectivity index (χ1n) is 9.05. The lowest BCUT2D eigenvalue weighted by Gasteiger charge is -2.38. The summed E-state index contributed by atoms with van der Waals surface area (Å²) in [6.07, 6.45) is 2.01. The van der Waals surface area contributed by atoms with Gasteiger partial charge in [-0.25, -0.2) is 22.2 Å². The number of halogens is 3. The molecule has 0 aromatic carbocycles. The minimum absolute atomic E-state index is 0.0206. The van der Waals surface area contributed by atoms with Crippen LogP contribution < -0.4 is 11.1 Å². The van der Waals surface area contributed by atoms with Gasteiger partial charge in [0.05, 0.1) is 10.8 Å². The van der Waals surface area contributed by atoms with Crippen LogP contribution in [0.25, 0.3) is 0 Å². The molecule has 1 amide bonds. The Balaban J connectivity index is 2.29. The van der Waals surface area contributed by atoms with Gasteiger partial charge >= 0.3 is 0 Å². The van der Waals surface area contributed by atoms with Crippen molar-refractivity contribution in [2.75, 3.05) is 5.75 Å². The average molecular weight is 473 g/mol. The highest BCUT2D eigenvalue weighted by molar-refractivity contribution is 7.93. The van der Waals surface area contributed by atoms with E-state index in [1.807, 2.05) is 0 Å². The van der Waals surface area contributed by atoms with Crippen LogP contribution in [0.5, 0.6) is 0 Å². The zero-order chi connectivity index (χ0) is 23.8. The number of carbonyl (C=O) groups excluding carboxylic acids is 1. The fourth-order valence-electron chi connectivity index (χ4n) is 2.72. The lowest BCUT2D eigenvalue weighted by molar-refractivity contribution is 0.0961. The van der Waals surface area contributed by atoms with E-state index in [2.05, 4.69) is 21.9 Å². The van der Waals surface area contributed by atoms with Crippen molar-refractivity contribution in [3.8, 4) is 0 Å². The molecule has 2 rings (SSSR count). The molecule has 31 heavy (non-hydrogen) atoms. The predicted molar refractivity (Wildman–Crippen MR) is 117 cm³/mol. The molecule has 7 nitrogen and oxygen atoms in total. The van der Waals surface area contributed by atoms with Gasteiger partial charge in [-0.05, 0) is 45.9 Å². The van der Waals surface area contributed by atoms with E-state index < -0.39 is 49.0 Å². The summed E-state index contributed by atoms with van der Waals surface area (Å²) in [5.41, 5.74) is 3.64. The molecule has 0 saturated heterocycles. The second kappa shape index (κ2) is 8.51. The standard InChI is InChI=1S/C20H23ClF2N4O3S/c1-11(26-17(28)15-7-6-13(21)9-25-15)8-14(22)16(23)12(2)20(5)10-31(29,30)19(3,4)18(24)27-20/h6-9H,2,10H2,1,3-5H3,(H2,24,27)(H,26,28)/b11-8+,16-14-/t20-/m0/s1. The van der Waals surface area contributed by atoms with Crippen LogP contribution in [-0.2, 0) is 9.84 Å². The van der Waals surface area contributed by atoms with Crippen LogP contribution in [0, 0.1) is 0 Å². The second-order valence-corrected chi connectivity index (χ2v) is 10.8. The summed E-state index contributed by atoms with van der Waals surface area (Å²) >= 11 is 5.71. The van der Waals surface area contributed by atoms with Gasteiger partial charge in [0.2, 0.25) is 0 Å². The number of rotatable bonds is 5. The normalized spacial score (nSPS) is 23.5. The molecule has 2 heterocycles. The molecule has 1 aliphatic heterocycles. The maximum absolute atomic E-state index is 14.8. The molecule has 0 aliphatic carbocycles. The van der Waals surface area contributed by atoms with Crippen LogP contribution >= 0.6 is 11.6 Å². The zero-order valence-corrected chi connectivity index (χ0v) is 19.0. The van der Waals surface area contributed by atoms with Crippen LogP contribution in [-0.4, -0.2) is 41.2 Å². The molecule has 0 fully saturated rings. The average Bonchev–Trinajstić information content (AvgIpc) is 2.65. The van der Waals surface area contributed by atoms with Crippen LogP contribution in [0.4, 0.5) is 8.78 Å². The molecule has 0 radical (unpaired) electrons. The zero-order valence-electron chi connectivity index (χ0n) is 17.5. The number of aromatic nitrogens is 1. The molecule has 0 unspecified atom stereocenters. The van der Waals surface area contributed by atoms with E-state index in [-0.39, 0.29) is 17.2 Å². The summed E-state index contributed by atoms with van der Waals surface area (Å²) in [5, 5.41) is 2.70. The SMILES string of the molecule is C=C(/C(F)=C(F)\C=C(/C)NC(=O)c1ccc(Cl)cn1)[C@]1(C)CS(=O)(=O)C(C)(C)C(N)=N1. The summed E-state index contributed by atoms with van der Waals surface area (Å²) < 4.78 is 53.0. The molecular formula is C20H23ClF2N4O3S. The number of amidine groups is 1. The van der Waals surface area contributed by atoms with Gasteiger partial charge < -0.3 is 11.1 Å². The molecule has 168 valence electrons. The van der Waals surface area contributed by atoms with E-state index in [1.165, 1.54) is 46.0 Å². The highest BCUT2D eigenvalue weighted by atomic mass is 35.5. The fourth-order valence-corrected chi connectivity index (χ4v) is 4.54. The van der Waals surface area contributed by atoms with Gasteiger partial charge in [0.25, 0.3) is 5.91 Å². The fraction of sp³-hybridized carbons (Fsp3) is 0.350. The molecular weight excluding hydrogens is 450 g/mol. The van der Waals surface area contributed by atoms with Crippen LogP contribution in [0.3, 0.4) is 0 Å². The van der Waals surface area contributed by atoms with Gasteiger partial charge in [-0.1, -0.05) is 18.2 Å². The Labute approximate surface area is 184 Å². The van der Waals surface area contributed by atoms with Gasteiger partial charge in [0.15, 0.2) is 21.5 Å². The summed E-state index contributed by atoms with van der Waals surface area (Å²) in [5.74, 6) is -4.21. The number of aliphatic imine (C=N–C) groups is 1. The monoisotopic (exact) mass is 472 g/mol. The van der Waals surface area contributed by atoms with Gasteiger partial charge in [-0.3, -0.25) is 9.79 Å². The predicted octanol–water partition coefficient (Wildman–Crippen LogP) is 3.40. The maximum atomic E-state index is 14.8. The topological polar surface area (TPSA) is 115 Å². The van der Waals surface area contributed by atoms with Crippen molar-refractivity contribution < 1.29 is 22.0 Å². The Morgan fingerprint density at radius 1 is 1.32 bits per heavy atom. The molecule has 0 bridgehead atoms. The number of hydrogen-bond acceptors (Lipinski definition) is 6. The van der Waals surface area contributed by atoms with Gasteiger partial charge in [0.1, 0.15) is 21.8 Å². The van der Waals surface area contributed by atoms with E-state index in [9.17, 15) is 22.0 Å². The third-order valence-electron chi connectivity index (χ3n) is 4.97. The van der Waals surface area contributed by atoms with Crippen molar-refractivity contribution in [3.63, 3.8) is 0 Å². The highest BCUT2D eigenvalue weighted by Gasteiger charge is 2.49. The Kier molecular flexibility index (Phi) is 6.77. The number of sulfone groups is 1. The Hall–Kier alpha value is -2.59. The summed E-state index contributed by atoms with van der Waals surface area (Å²) in [7, 11) is -3.81. The number of nitrogens with one attached hydrogen (secondary N) is 1. The van der Waals surface area contributed by atoms with Gasteiger partial charge in [-0.2, -0.15) is 0 Å². The number of pyridine rings is 1. The minimum Gasteiger partial charge on any atom is -0.386 e. The van der Waals surface area contributed by atoms with Crippen molar-refractivity contribution in [1.29, 1.82) is 0 Å². The quantitative estimate of drug-likeness (QED) is 0.637. The van der Waals surface area contributed by atoms with E-state index in [1.54, 1.807) is 0 Å². The first-order valence-corrected chi connectivity index (χ1v) is 11.1. The third kappa shape index (κ3) is 5.01. The third-order valence-corrected chi connectivity index (χ3v) is 7.90.